The fourth-order valence-electron chi connectivity index (χ4n) is 1.88. The zero-order chi connectivity index (χ0) is 14.7. The number of nitrogens with zero attached hydrogens (tertiary/aromatic N) is 1. The van der Waals surface area contributed by atoms with Gasteiger partial charge in [-0.25, -0.2) is 8.78 Å². The van der Waals surface area contributed by atoms with Gasteiger partial charge in [-0.3, -0.25) is 0 Å². The first-order valence-corrected chi connectivity index (χ1v) is 6.70. The van der Waals surface area contributed by atoms with E-state index in [-0.39, 0.29) is 32.7 Å². The van der Waals surface area contributed by atoms with Crippen LogP contribution in [0.4, 0.5) is 8.78 Å². The van der Waals surface area contributed by atoms with Crippen molar-refractivity contribution in [2.75, 3.05) is 13.7 Å². The van der Waals surface area contributed by atoms with Gasteiger partial charge in [-0.15, -0.1) is 28.1 Å². The molecule has 1 aliphatic heterocycles. The molecule has 0 spiro atoms. The van der Waals surface area contributed by atoms with Gasteiger partial charge in [0.2, 0.25) is 0 Å². The van der Waals surface area contributed by atoms with Gasteiger partial charge in [0.15, 0.2) is 0 Å². The summed E-state index contributed by atoms with van der Waals surface area (Å²) in [6, 6.07) is 7.17. The first-order valence-electron chi connectivity index (χ1n) is 5.91. The van der Waals surface area contributed by atoms with Crippen LogP contribution in [0.1, 0.15) is 5.56 Å². The van der Waals surface area contributed by atoms with E-state index >= 15 is 0 Å². The molecule has 0 atom stereocenters. The van der Waals surface area contributed by atoms with Crippen molar-refractivity contribution in [1.29, 1.82) is 0 Å². The molecule has 0 aromatic heterocycles. The van der Waals surface area contributed by atoms with Gasteiger partial charge < -0.3 is 9.64 Å². The standard InChI is InChI=1S/C15H13BrF2NO.Y/c1-10-13(16)7-8-14(19(10)9-15(17)18)11-3-5-12(20-2)6-4-11;/h3-7,15H,1,9H2,2H3;/q-1;. The van der Waals surface area contributed by atoms with Crippen LogP contribution in [0.3, 0.4) is 0 Å². The van der Waals surface area contributed by atoms with Crippen molar-refractivity contribution < 1.29 is 46.2 Å². The molecule has 0 N–H and O–H groups in total. The Morgan fingerprint density at radius 3 is 2.48 bits per heavy atom. The van der Waals surface area contributed by atoms with Crippen LogP contribution >= 0.6 is 15.9 Å². The third-order valence-electron chi connectivity index (χ3n) is 2.89. The van der Waals surface area contributed by atoms with Gasteiger partial charge in [-0.2, -0.15) is 12.2 Å². The van der Waals surface area contributed by atoms with E-state index in [4.69, 9.17) is 4.74 Å². The summed E-state index contributed by atoms with van der Waals surface area (Å²) < 4.78 is 31.2. The molecule has 2 rings (SSSR count). The van der Waals surface area contributed by atoms with Gasteiger partial charge in [-0.1, -0.05) is 22.3 Å². The summed E-state index contributed by atoms with van der Waals surface area (Å²) in [6.07, 6.45) is 2.23. The summed E-state index contributed by atoms with van der Waals surface area (Å²) in [5.74, 6) is 0.709. The molecule has 0 unspecified atom stereocenters. The Labute approximate surface area is 156 Å². The number of hydrogen-bond donors (Lipinski definition) is 0. The van der Waals surface area contributed by atoms with E-state index in [0.717, 1.165) is 5.56 Å². The molecule has 0 amide bonds. The largest absolute Gasteiger partial charge is 0.497 e. The average molecular weight is 430 g/mol. The average Bonchev–Trinajstić information content (AvgIpc) is 2.44. The first-order chi connectivity index (χ1) is 9.52. The van der Waals surface area contributed by atoms with Crippen LogP contribution < -0.4 is 4.74 Å². The van der Waals surface area contributed by atoms with Crippen LogP contribution in [-0.2, 0) is 32.7 Å². The molecule has 1 aromatic carbocycles. The van der Waals surface area contributed by atoms with Crippen molar-refractivity contribution in [3.05, 3.63) is 58.7 Å². The van der Waals surface area contributed by atoms with E-state index in [0.29, 0.717) is 21.6 Å². The van der Waals surface area contributed by atoms with Crippen LogP contribution in [0.5, 0.6) is 5.75 Å². The van der Waals surface area contributed by atoms with Gasteiger partial charge >= 0.3 is 0 Å². The number of ether oxygens (including phenoxy) is 1. The maximum atomic E-state index is 12.7. The predicted octanol–water partition coefficient (Wildman–Crippen LogP) is 4.21. The smallest absolute Gasteiger partial charge is 0.256 e. The molecule has 6 heteroatoms. The second kappa shape index (κ2) is 8.20. The van der Waals surface area contributed by atoms with Crippen molar-refractivity contribution >= 4 is 21.6 Å². The van der Waals surface area contributed by atoms with Crippen molar-refractivity contribution in [3.63, 3.8) is 0 Å². The third-order valence-corrected chi connectivity index (χ3v) is 3.58. The zero-order valence-electron chi connectivity index (χ0n) is 11.4. The summed E-state index contributed by atoms with van der Waals surface area (Å²) in [7, 11) is 1.58. The Bertz CT molecular complexity index is 570. The predicted molar refractivity (Wildman–Crippen MR) is 78.5 cm³/mol. The van der Waals surface area contributed by atoms with Crippen LogP contribution in [-0.4, -0.2) is 25.0 Å². The monoisotopic (exact) mass is 429 g/mol. The maximum Gasteiger partial charge on any atom is 0.256 e. The second-order valence-electron chi connectivity index (χ2n) is 4.16. The first kappa shape index (κ1) is 18.5. The number of benzene rings is 1. The summed E-state index contributed by atoms with van der Waals surface area (Å²) in [5.41, 5.74) is 1.85. The molecule has 1 heterocycles. The fraction of sp³-hybridized carbons (Fsp3) is 0.200. The van der Waals surface area contributed by atoms with Crippen LogP contribution in [0.25, 0.3) is 5.70 Å². The normalized spacial score (nSPS) is 14.5. The molecule has 0 aliphatic carbocycles. The van der Waals surface area contributed by atoms with E-state index in [1.54, 1.807) is 37.5 Å². The minimum Gasteiger partial charge on any atom is -0.497 e. The molecule has 1 aromatic rings. The molecule has 0 saturated carbocycles. The number of methoxy groups -OCH3 is 1. The molecular formula is C15H13BrF2NOY-. The Morgan fingerprint density at radius 1 is 1.33 bits per heavy atom. The molecule has 2 nitrogen and oxygen atoms in total. The Hall–Kier alpha value is -0.516. The number of allylic oxidation sites excluding steroid dienone is 3. The molecule has 109 valence electrons. The van der Waals surface area contributed by atoms with Gasteiger partial charge in [-0.05, 0) is 17.8 Å². The van der Waals surface area contributed by atoms with Gasteiger partial charge in [0.05, 0.1) is 13.7 Å². The second-order valence-corrected chi connectivity index (χ2v) is 5.02. The quantitative estimate of drug-likeness (QED) is 0.664. The Kier molecular flexibility index (Phi) is 7.24. The van der Waals surface area contributed by atoms with E-state index < -0.39 is 13.0 Å². The maximum absolute atomic E-state index is 12.7. The SMILES string of the molecule is C=C1C(Br)=C[C-]=C(c2ccc(OC)cc2)N1CC(F)F.[Y]. The Morgan fingerprint density at radius 2 is 1.95 bits per heavy atom. The topological polar surface area (TPSA) is 12.5 Å². The van der Waals surface area contributed by atoms with Crippen LogP contribution in [0, 0.1) is 6.08 Å². The van der Waals surface area contributed by atoms with E-state index in [2.05, 4.69) is 28.6 Å². The van der Waals surface area contributed by atoms with Gasteiger partial charge in [0.25, 0.3) is 6.43 Å². The minimum absolute atomic E-state index is 0. The molecule has 21 heavy (non-hydrogen) atoms. The number of halogens is 3. The van der Waals surface area contributed by atoms with E-state index in [1.807, 2.05) is 0 Å². The van der Waals surface area contributed by atoms with Crippen molar-refractivity contribution in [1.82, 2.24) is 4.90 Å². The number of alkyl halides is 2. The zero-order valence-corrected chi connectivity index (χ0v) is 15.9. The minimum atomic E-state index is -2.46. The molecule has 1 aliphatic rings. The summed E-state index contributed by atoms with van der Waals surface area (Å²) >= 11 is 3.29. The fourth-order valence-corrected chi connectivity index (χ4v) is 2.21. The summed E-state index contributed by atoms with van der Waals surface area (Å²) in [4.78, 5) is 1.45. The van der Waals surface area contributed by atoms with Crippen molar-refractivity contribution in [3.8, 4) is 5.75 Å². The Balaban J connectivity index is 0.00000220. The van der Waals surface area contributed by atoms with Gasteiger partial charge in [0.1, 0.15) is 5.75 Å². The van der Waals surface area contributed by atoms with Crippen LogP contribution in [0.2, 0.25) is 0 Å². The molecule has 0 saturated heterocycles. The molecule has 0 bridgehead atoms. The number of hydrogen-bond acceptors (Lipinski definition) is 2. The van der Waals surface area contributed by atoms with E-state index in [1.165, 1.54) is 4.90 Å². The van der Waals surface area contributed by atoms with Gasteiger partial charge in [0, 0.05) is 32.7 Å². The summed E-state index contributed by atoms with van der Waals surface area (Å²) in [6.45, 7) is 3.41. The van der Waals surface area contributed by atoms with Crippen molar-refractivity contribution in [2.45, 2.75) is 6.43 Å². The molecule has 1 radical (unpaired) electrons. The van der Waals surface area contributed by atoms with E-state index in [9.17, 15) is 8.78 Å². The molecule has 0 fully saturated rings. The third kappa shape index (κ3) is 4.47. The summed E-state index contributed by atoms with van der Waals surface area (Å²) in [5, 5.41) is 0. The molecular weight excluding hydrogens is 417 g/mol. The van der Waals surface area contributed by atoms with Crippen molar-refractivity contribution in [2.24, 2.45) is 0 Å². The number of rotatable bonds is 4. The van der Waals surface area contributed by atoms with Crippen LogP contribution in [0.15, 0.2) is 47.1 Å².